The molecule has 1 unspecified atom stereocenters. The van der Waals surface area contributed by atoms with E-state index in [0.29, 0.717) is 25.6 Å². The summed E-state index contributed by atoms with van der Waals surface area (Å²) in [5.41, 5.74) is -0.302. The van der Waals surface area contributed by atoms with E-state index in [1.165, 1.54) is 18.0 Å². The van der Waals surface area contributed by atoms with Crippen molar-refractivity contribution < 1.29 is 22.8 Å². The first-order chi connectivity index (χ1) is 12.8. The summed E-state index contributed by atoms with van der Waals surface area (Å²) in [6.45, 7) is 0.922. The maximum atomic E-state index is 12.8. The number of nitrogens with zero attached hydrogens (tertiary/aromatic N) is 3. The highest BCUT2D eigenvalue weighted by Gasteiger charge is 2.37. The topological polar surface area (TPSA) is 53.5 Å². The molecule has 1 aliphatic rings. The summed E-state index contributed by atoms with van der Waals surface area (Å²) < 4.78 is 38.4. The van der Waals surface area contributed by atoms with Crippen LogP contribution < -0.4 is 0 Å². The molecule has 1 aliphatic heterocycles. The molecule has 0 bridgehead atoms. The van der Waals surface area contributed by atoms with Gasteiger partial charge in [-0.25, -0.2) is 0 Å². The van der Waals surface area contributed by atoms with E-state index in [2.05, 4.69) is 4.98 Å². The number of rotatable bonds is 4. The number of likely N-dealkylation sites (N-methyl/N-ethyl adjacent to an activating group) is 1. The van der Waals surface area contributed by atoms with Crippen molar-refractivity contribution in [3.63, 3.8) is 0 Å². The Kier molecular flexibility index (Phi) is 5.16. The van der Waals surface area contributed by atoms with E-state index in [1.807, 2.05) is 30.3 Å². The Morgan fingerprint density at radius 2 is 1.96 bits per heavy atom. The van der Waals surface area contributed by atoms with Crippen LogP contribution in [0.5, 0.6) is 0 Å². The number of pyridine rings is 1. The van der Waals surface area contributed by atoms with Gasteiger partial charge in [0.05, 0.1) is 0 Å². The SMILES string of the molecule is CN(C(=O)c1ccnc(C(F)(F)F)c1)C1CCN(Cc2ccccc2)C1=O. The van der Waals surface area contributed by atoms with Gasteiger partial charge in [0.15, 0.2) is 0 Å². The second-order valence-electron chi connectivity index (χ2n) is 6.39. The van der Waals surface area contributed by atoms with Gasteiger partial charge in [-0.2, -0.15) is 13.2 Å². The van der Waals surface area contributed by atoms with Gasteiger partial charge in [0, 0.05) is 31.9 Å². The van der Waals surface area contributed by atoms with Crippen LogP contribution in [0.25, 0.3) is 0 Å². The van der Waals surface area contributed by atoms with Crippen LogP contribution in [-0.2, 0) is 17.5 Å². The highest BCUT2D eigenvalue weighted by atomic mass is 19.4. The molecule has 2 aromatic rings. The largest absolute Gasteiger partial charge is 0.433 e. The van der Waals surface area contributed by atoms with Crippen LogP contribution in [0.2, 0.25) is 0 Å². The number of hydrogen-bond donors (Lipinski definition) is 0. The lowest BCUT2D eigenvalue weighted by Gasteiger charge is -2.24. The first-order valence-electron chi connectivity index (χ1n) is 8.40. The maximum absolute atomic E-state index is 12.8. The lowest BCUT2D eigenvalue weighted by molar-refractivity contribution is -0.141. The number of likely N-dealkylation sites (tertiary alicyclic amines) is 1. The molecule has 1 aromatic carbocycles. The number of alkyl halides is 3. The first kappa shape index (κ1) is 18.9. The maximum Gasteiger partial charge on any atom is 0.433 e. The van der Waals surface area contributed by atoms with Gasteiger partial charge in [-0.05, 0) is 24.1 Å². The fourth-order valence-electron chi connectivity index (χ4n) is 3.11. The van der Waals surface area contributed by atoms with Gasteiger partial charge in [-0.15, -0.1) is 0 Å². The molecule has 1 fully saturated rings. The zero-order chi connectivity index (χ0) is 19.6. The monoisotopic (exact) mass is 377 g/mol. The van der Waals surface area contributed by atoms with Crippen LogP contribution in [0.3, 0.4) is 0 Å². The normalized spacial score (nSPS) is 17.3. The second-order valence-corrected chi connectivity index (χ2v) is 6.39. The fourth-order valence-corrected chi connectivity index (χ4v) is 3.11. The van der Waals surface area contributed by atoms with Crippen molar-refractivity contribution in [1.29, 1.82) is 0 Å². The van der Waals surface area contributed by atoms with Crippen molar-refractivity contribution in [3.05, 3.63) is 65.5 Å². The van der Waals surface area contributed by atoms with Crippen molar-refractivity contribution in [2.24, 2.45) is 0 Å². The molecule has 1 saturated heterocycles. The van der Waals surface area contributed by atoms with Crippen molar-refractivity contribution in [1.82, 2.24) is 14.8 Å². The number of aromatic nitrogens is 1. The molecule has 8 heteroatoms. The summed E-state index contributed by atoms with van der Waals surface area (Å²) in [6, 6.07) is 10.7. The van der Waals surface area contributed by atoms with Crippen molar-refractivity contribution >= 4 is 11.8 Å². The Labute approximate surface area is 154 Å². The van der Waals surface area contributed by atoms with Crippen LogP contribution in [-0.4, -0.2) is 46.2 Å². The smallest absolute Gasteiger partial charge is 0.336 e. The average molecular weight is 377 g/mol. The summed E-state index contributed by atoms with van der Waals surface area (Å²) in [4.78, 5) is 31.3. The lowest BCUT2D eigenvalue weighted by Crippen LogP contribution is -2.42. The molecule has 0 radical (unpaired) electrons. The Hall–Kier alpha value is -2.90. The van der Waals surface area contributed by atoms with Crippen LogP contribution in [0, 0.1) is 0 Å². The molecule has 2 heterocycles. The van der Waals surface area contributed by atoms with Gasteiger partial charge in [-0.1, -0.05) is 30.3 Å². The van der Waals surface area contributed by atoms with Crippen LogP contribution in [0.1, 0.15) is 28.0 Å². The average Bonchev–Trinajstić information content (AvgIpc) is 3.01. The van der Waals surface area contributed by atoms with E-state index in [9.17, 15) is 22.8 Å². The first-order valence-corrected chi connectivity index (χ1v) is 8.40. The number of hydrogen-bond acceptors (Lipinski definition) is 3. The molecule has 2 amide bonds. The van der Waals surface area contributed by atoms with E-state index in [-0.39, 0.29) is 11.5 Å². The molecule has 27 heavy (non-hydrogen) atoms. The lowest BCUT2D eigenvalue weighted by atomic mass is 10.1. The van der Waals surface area contributed by atoms with E-state index in [4.69, 9.17) is 0 Å². The van der Waals surface area contributed by atoms with Crippen molar-refractivity contribution in [2.45, 2.75) is 25.2 Å². The van der Waals surface area contributed by atoms with Gasteiger partial charge in [-0.3, -0.25) is 14.6 Å². The predicted molar refractivity (Wildman–Crippen MR) is 91.6 cm³/mol. The van der Waals surface area contributed by atoms with Crippen LogP contribution >= 0.6 is 0 Å². The Morgan fingerprint density at radius 3 is 2.63 bits per heavy atom. The van der Waals surface area contributed by atoms with Crippen molar-refractivity contribution in [3.8, 4) is 0 Å². The zero-order valence-electron chi connectivity index (χ0n) is 14.6. The second kappa shape index (κ2) is 7.38. The van der Waals surface area contributed by atoms with Gasteiger partial charge >= 0.3 is 6.18 Å². The highest BCUT2D eigenvalue weighted by molar-refractivity contribution is 5.97. The minimum atomic E-state index is -4.63. The van der Waals surface area contributed by atoms with Gasteiger partial charge in [0.2, 0.25) is 5.91 Å². The summed E-state index contributed by atoms with van der Waals surface area (Å²) in [6.07, 6.45) is -3.25. The minimum Gasteiger partial charge on any atom is -0.336 e. The Morgan fingerprint density at radius 1 is 1.26 bits per heavy atom. The Bertz CT molecular complexity index is 840. The zero-order valence-corrected chi connectivity index (χ0v) is 14.6. The number of amides is 2. The molecule has 3 rings (SSSR count). The third-order valence-corrected chi connectivity index (χ3v) is 4.57. The van der Waals surface area contributed by atoms with Crippen LogP contribution in [0.15, 0.2) is 48.7 Å². The Balaban J connectivity index is 1.71. The minimum absolute atomic E-state index is 0.144. The van der Waals surface area contributed by atoms with E-state index < -0.39 is 23.8 Å². The number of carbonyl (C=O) groups is 2. The number of halogens is 3. The molecular weight excluding hydrogens is 359 g/mol. The quantitative estimate of drug-likeness (QED) is 0.823. The number of benzene rings is 1. The van der Waals surface area contributed by atoms with Gasteiger partial charge in [0.1, 0.15) is 11.7 Å². The molecule has 0 aliphatic carbocycles. The molecule has 0 N–H and O–H groups in total. The molecule has 1 atom stereocenters. The molecular formula is C19H18F3N3O2. The predicted octanol–water partition coefficient (Wildman–Crippen LogP) is 2.97. The third-order valence-electron chi connectivity index (χ3n) is 4.57. The molecule has 0 spiro atoms. The standard InChI is InChI=1S/C19H18F3N3O2/c1-24(17(26)14-7-9-23-16(11-14)19(20,21)22)15-8-10-25(18(15)27)12-13-5-3-2-4-6-13/h2-7,9,11,15H,8,10,12H2,1H3. The fraction of sp³-hybridized carbons (Fsp3) is 0.316. The van der Waals surface area contributed by atoms with Crippen molar-refractivity contribution in [2.75, 3.05) is 13.6 Å². The summed E-state index contributed by atoms with van der Waals surface area (Å²) in [7, 11) is 1.44. The van der Waals surface area contributed by atoms with E-state index >= 15 is 0 Å². The number of carbonyl (C=O) groups excluding carboxylic acids is 2. The highest BCUT2D eigenvalue weighted by Crippen LogP contribution is 2.28. The van der Waals surface area contributed by atoms with Gasteiger partial charge in [0.25, 0.3) is 5.91 Å². The van der Waals surface area contributed by atoms with Gasteiger partial charge < -0.3 is 9.80 Å². The molecule has 1 aromatic heterocycles. The summed E-state index contributed by atoms with van der Waals surface area (Å²) in [5.74, 6) is -0.845. The summed E-state index contributed by atoms with van der Waals surface area (Å²) in [5, 5.41) is 0. The van der Waals surface area contributed by atoms with E-state index in [0.717, 1.165) is 11.8 Å². The molecule has 5 nitrogen and oxygen atoms in total. The molecule has 0 saturated carbocycles. The molecule has 142 valence electrons. The van der Waals surface area contributed by atoms with E-state index in [1.54, 1.807) is 4.90 Å². The van der Waals surface area contributed by atoms with Crippen LogP contribution in [0.4, 0.5) is 13.2 Å². The summed E-state index contributed by atoms with van der Waals surface area (Å²) >= 11 is 0. The third kappa shape index (κ3) is 4.10.